The number of aromatic nitrogens is 3. The van der Waals surface area contributed by atoms with Crippen LogP contribution in [0.2, 0.25) is 0 Å². The third kappa shape index (κ3) is 3.00. The zero-order valence-corrected chi connectivity index (χ0v) is 10.7. The zero-order valence-electron chi connectivity index (χ0n) is 10.7. The van der Waals surface area contributed by atoms with Crippen molar-refractivity contribution in [1.29, 1.82) is 0 Å². The Morgan fingerprint density at radius 3 is 2.67 bits per heavy atom. The molecule has 10 nitrogen and oxygen atoms in total. The molecule has 0 spiro atoms. The highest BCUT2D eigenvalue weighted by Crippen LogP contribution is 2.22. The van der Waals surface area contributed by atoms with E-state index in [1.165, 1.54) is 0 Å². The number of nitro benzene ring substituents is 1. The fraction of sp³-hybridized carbons (Fsp3) is 0.0909. The summed E-state index contributed by atoms with van der Waals surface area (Å²) >= 11 is 0. The fourth-order valence-electron chi connectivity index (χ4n) is 1.55. The highest BCUT2D eigenvalue weighted by atomic mass is 16.6. The van der Waals surface area contributed by atoms with Crippen molar-refractivity contribution < 1.29 is 19.6 Å². The maximum atomic E-state index is 11.8. The molecule has 1 amide bonds. The van der Waals surface area contributed by atoms with Crippen molar-refractivity contribution in [2.24, 2.45) is 0 Å². The number of H-pyrrole nitrogens is 1. The Hall–Kier alpha value is -3.30. The van der Waals surface area contributed by atoms with E-state index in [4.69, 9.17) is 5.11 Å². The highest BCUT2D eigenvalue weighted by Gasteiger charge is 2.19. The second kappa shape index (κ2) is 5.36. The number of carboxylic acids is 1. The minimum Gasteiger partial charge on any atom is -0.478 e. The molecule has 0 fully saturated rings. The summed E-state index contributed by atoms with van der Waals surface area (Å²) in [6.07, 6.45) is 0. The maximum absolute atomic E-state index is 11.8. The third-order valence-electron chi connectivity index (χ3n) is 2.49. The minimum absolute atomic E-state index is 0.0828. The summed E-state index contributed by atoms with van der Waals surface area (Å²) in [6, 6.07) is 3.09. The number of carbonyl (C=O) groups is 2. The number of amides is 1. The normalized spacial score (nSPS) is 10.1. The molecule has 0 aliphatic carbocycles. The van der Waals surface area contributed by atoms with Crippen LogP contribution in [0.5, 0.6) is 0 Å². The molecule has 0 saturated carbocycles. The number of anilines is 1. The molecular weight excluding hydrogens is 282 g/mol. The summed E-state index contributed by atoms with van der Waals surface area (Å²) < 4.78 is 0. The van der Waals surface area contributed by atoms with E-state index in [2.05, 4.69) is 20.5 Å². The largest absolute Gasteiger partial charge is 0.478 e. The zero-order chi connectivity index (χ0) is 15.6. The van der Waals surface area contributed by atoms with Crippen molar-refractivity contribution in [2.75, 3.05) is 5.32 Å². The Balaban J connectivity index is 2.33. The van der Waals surface area contributed by atoms with Crippen molar-refractivity contribution in [2.45, 2.75) is 6.92 Å². The predicted octanol–water partition coefficient (Wildman–Crippen LogP) is 0.972. The molecule has 1 heterocycles. The lowest BCUT2D eigenvalue weighted by Crippen LogP contribution is -2.16. The summed E-state index contributed by atoms with van der Waals surface area (Å²) in [5.41, 5.74) is -0.871. The van der Waals surface area contributed by atoms with Gasteiger partial charge in [0.05, 0.1) is 16.2 Å². The number of carbonyl (C=O) groups excluding carboxylic acids is 1. The van der Waals surface area contributed by atoms with Gasteiger partial charge in [0.1, 0.15) is 5.82 Å². The molecule has 1 aromatic carbocycles. The number of hydrogen-bond donors (Lipinski definition) is 3. The predicted molar refractivity (Wildman–Crippen MR) is 69.1 cm³/mol. The SMILES string of the molecule is Cc1nc(C(=O)Nc2ccc([N+](=O)[O-])cc2C(=O)O)n[nH]1. The molecule has 0 unspecified atom stereocenters. The van der Waals surface area contributed by atoms with E-state index in [0.717, 1.165) is 18.2 Å². The molecule has 0 aliphatic heterocycles. The van der Waals surface area contributed by atoms with Crippen molar-refractivity contribution in [3.05, 3.63) is 45.5 Å². The van der Waals surface area contributed by atoms with Gasteiger partial charge in [-0.1, -0.05) is 0 Å². The number of aromatic amines is 1. The average Bonchev–Trinajstić information content (AvgIpc) is 2.85. The molecule has 1 aromatic heterocycles. The molecule has 3 N–H and O–H groups in total. The van der Waals surface area contributed by atoms with Crippen LogP contribution < -0.4 is 5.32 Å². The van der Waals surface area contributed by atoms with Crippen molar-refractivity contribution in [3.63, 3.8) is 0 Å². The van der Waals surface area contributed by atoms with Crippen LogP contribution in [-0.2, 0) is 0 Å². The first-order valence-corrected chi connectivity index (χ1v) is 5.60. The summed E-state index contributed by atoms with van der Waals surface area (Å²) in [5, 5.41) is 28.1. The van der Waals surface area contributed by atoms with E-state index in [9.17, 15) is 19.7 Å². The number of nitrogens with one attached hydrogen (secondary N) is 2. The topological polar surface area (TPSA) is 151 Å². The van der Waals surface area contributed by atoms with Crippen LogP contribution in [0.1, 0.15) is 26.8 Å². The van der Waals surface area contributed by atoms with Gasteiger partial charge < -0.3 is 10.4 Å². The first-order chi connectivity index (χ1) is 9.88. The number of rotatable bonds is 4. The summed E-state index contributed by atoms with van der Waals surface area (Å²) in [5.74, 6) is -1.87. The summed E-state index contributed by atoms with van der Waals surface area (Å²) in [4.78, 5) is 36.6. The van der Waals surface area contributed by atoms with Gasteiger partial charge in [-0.3, -0.25) is 20.0 Å². The lowest BCUT2D eigenvalue weighted by molar-refractivity contribution is -0.384. The third-order valence-corrected chi connectivity index (χ3v) is 2.49. The van der Waals surface area contributed by atoms with E-state index in [0.29, 0.717) is 5.82 Å². The van der Waals surface area contributed by atoms with Gasteiger partial charge in [0, 0.05) is 12.1 Å². The number of nitro groups is 1. The van der Waals surface area contributed by atoms with Crippen LogP contribution in [0.3, 0.4) is 0 Å². The molecule has 2 aromatic rings. The highest BCUT2D eigenvalue weighted by molar-refractivity contribution is 6.06. The van der Waals surface area contributed by atoms with Gasteiger partial charge in [0.2, 0.25) is 5.82 Å². The van der Waals surface area contributed by atoms with E-state index < -0.39 is 22.4 Å². The average molecular weight is 291 g/mol. The Morgan fingerprint density at radius 2 is 2.14 bits per heavy atom. The Kier molecular flexibility index (Phi) is 3.61. The van der Waals surface area contributed by atoms with E-state index >= 15 is 0 Å². The molecule has 0 aliphatic rings. The van der Waals surface area contributed by atoms with Crippen LogP contribution in [0.15, 0.2) is 18.2 Å². The number of benzene rings is 1. The Morgan fingerprint density at radius 1 is 1.43 bits per heavy atom. The first kappa shape index (κ1) is 14.1. The number of aromatic carboxylic acids is 1. The maximum Gasteiger partial charge on any atom is 0.338 e. The number of non-ortho nitro benzene ring substituents is 1. The van der Waals surface area contributed by atoms with Gasteiger partial charge in [-0.05, 0) is 13.0 Å². The standard InChI is InChI=1S/C11H9N5O5/c1-5-12-9(15-14-5)10(17)13-8-3-2-6(16(20)21)4-7(8)11(18)19/h2-4H,1H3,(H,13,17)(H,18,19)(H,12,14,15). The van der Waals surface area contributed by atoms with Gasteiger partial charge in [-0.2, -0.15) is 0 Å². The van der Waals surface area contributed by atoms with Crippen LogP contribution in [-0.4, -0.2) is 37.1 Å². The molecular formula is C11H9N5O5. The Labute approximate surface area is 117 Å². The van der Waals surface area contributed by atoms with Gasteiger partial charge >= 0.3 is 5.97 Å². The molecule has 0 radical (unpaired) electrons. The van der Waals surface area contributed by atoms with E-state index in [1.54, 1.807) is 6.92 Å². The van der Waals surface area contributed by atoms with Gasteiger partial charge in [0.15, 0.2) is 0 Å². The lowest BCUT2D eigenvalue weighted by Gasteiger charge is -2.06. The molecule has 0 saturated heterocycles. The Bertz CT molecular complexity index is 738. The molecule has 10 heteroatoms. The molecule has 0 atom stereocenters. The molecule has 21 heavy (non-hydrogen) atoms. The smallest absolute Gasteiger partial charge is 0.338 e. The minimum atomic E-state index is -1.40. The van der Waals surface area contributed by atoms with Crippen LogP contribution >= 0.6 is 0 Å². The molecule has 2 rings (SSSR count). The van der Waals surface area contributed by atoms with Crippen LogP contribution in [0.25, 0.3) is 0 Å². The van der Waals surface area contributed by atoms with Crippen molar-refractivity contribution in [3.8, 4) is 0 Å². The second-order valence-corrected chi connectivity index (χ2v) is 3.99. The second-order valence-electron chi connectivity index (χ2n) is 3.99. The lowest BCUT2D eigenvalue weighted by atomic mass is 10.1. The van der Waals surface area contributed by atoms with Crippen LogP contribution in [0.4, 0.5) is 11.4 Å². The van der Waals surface area contributed by atoms with Gasteiger partial charge in [-0.25, -0.2) is 9.78 Å². The monoisotopic (exact) mass is 291 g/mol. The van der Waals surface area contributed by atoms with E-state index in [-0.39, 0.29) is 17.2 Å². The summed E-state index contributed by atoms with van der Waals surface area (Å²) in [7, 11) is 0. The fourth-order valence-corrected chi connectivity index (χ4v) is 1.55. The first-order valence-electron chi connectivity index (χ1n) is 5.60. The quantitative estimate of drug-likeness (QED) is 0.560. The number of carboxylic acid groups (broad SMARTS) is 1. The number of hydrogen-bond acceptors (Lipinski definition) is 6. The number of aryl methyl sites for hydroxylation is 1. The van der Waals surface area contributed by atoms with Crippen molar-refractivity contribution >= 4 is 23.3 Å². The summed E-state index contributed by atoms with van der Waals surface area (Å²) in [6.45, 7) is 1.60. The van der Waals surface area contributed by atoms with Crippen LogP contribution in [0, 0.1) is 17.0 Å². The van der Waals surface area contributed by atoms with Crippen molar-refractivity contribution in [1.82, 2.24) is 15.2 Å². The number of nitrogens with zero attached hydrogens (tertiary/aromatic N) is 3. The van der Waals surface area contributed by atoms with Gasteiger partial charge in [-0.15, -0.1) is 5.10 Å². The molecule has 108 valence electrons. The van der Waals surface area contributed by atoms with E-state index in [1.807, 2.05) is 0 Å². The molecule has 0 bridgehead atoms. The van der Waals surface area contributed by atoms with Gasteiger partial charge in [0.25, 0.3) is 11.6 Å².